The van der Waals surface area contributed by atoms with Crippen LogP contribution >= 0.6 is 0 Å². The van der Waals surface area contributed by atoms with E-state index in [2.05, 4.69) is 5.32 Å². The van der Waals surface area contributed by atoms with Gasteiger partial charge in [0.05, 0.1) is 5.54 Å². The Hall–Kier alpha value is -1.14. The molecule has 0 spiro atoms. The number of rotatable bonds is 6. The maximum absolute atomic E-state index is 11.4. The molecule has 4 N–H and O–H groups in total. The molecular formula is C9H18N2O4. The van der Waals surface area contributed by atoms with E-state index in [0.29, 0.717) is 0 Å². The average molecular weight is 218 g/mol. The maximum atomic E-state index is 11.4. The molecule has 88 valence electrons. The Morgan fingerprint density at radius 1 is 1.53 bits per heavy atom. The van der Waals surface area contributed by atoms with Gasteiger partial charge in [-0.3, -0.25) is 4.79 Å². The van der Waals surface area contributed by atoms with Gasteiger partial charge in [0.1, 0.15) is 6.04 Å². The second kappa shape index (κ2) is 5.67. The first-order chi connectivity index (χ1) is 6.79. The molecule has 0 heterocycles. The summed E-state index contributed by atoms with van der Waals surface area (Å²) >= 11 is 0. The molecule has 1 amide bonds. The molecule has 0 aliphatic carbocycles. The predicted molar refractivity (Wildman–Crippen MR) is 54.3 cm³/mol. The third-order valence-electron chi connectivity index (χ3n) is 1.80. The van der Waals surface area contributed by atoms with Gasteiger partial charge in [-0.25, -0.2) is 4.79 Å². The van der Waals surface area contributed by atoms with Crippen LogP contribution in [0.15, 0.2) is 0 Å². The zero-order chi connectivity index (χ0) is 12.1. The van der Waals surface area contributed by atoms with Gasteiger partial charge in [-0.05, 0) is 13.8 Å². The number of nitrogens with two attached hydrogens (primary N) is 1. The Bertz CT molecular complexity index is 235. The minimum atomic E-state index is -1.09. The number of carboxylic acid groups (broad SMARTS) is 1. The van der Waals surface area contributed by atoms with Gasteiger partial charge in [-0.15, -0.1) is 0 Å². The molecule has 0 radical (unpaired) electrons. The fraction of sp³-hybridized carbons (Fsp3) is 0.778. The van der Waals surface area contributed by atoms with Gasteiger partial charge in [0.25, 0.3) is 0 Å². The van der Waals surface area contributed by atoms with Crippen molar-refractivity contribution >= 4 is 11.9 Å². The standard InChI is InChI=1S/C9H18N2O4/c1-9(2,10)8(14)11-6(7(12)13)4-5-15-3/h6H,4-5,10H2,1-3H3,(H,11,14)(H,12,13). The van der Waals surface area contributed by atoms with E-state index >= 15 is 0 Å². The lowest BCUT2D eigenvalue weighted by Gasteiger charge is -2.21. The summed E-state index contributed by atoms with van der Waals surface area (Å²) in [7, 11) is 1.47. The molecule has 1 unspecified atom stereocenters. The second-order valence-corrected chi connectivity index (χ2v) is 3.87. The van der Waals surface area contributed by atoms with Gasteiger partial charge in [0.15, 0.2) is 0 Å². The summed E-state index contributed by atoms with van der Waals surface area (Å²) in [5.41, 5.74) is 4.44. The number of hydrogen-bond donors (Lipinski definition) is 3. The molecule has 0 aromatic rings. The second-order valence-electron chi connectivity index (χ2n) is 3.87. The van der Waals surface area contributed by atoms with E-state index in [1.807, 2.05) is 0 Å². The molecule has 6 heteroatoms. The molecule has 1 atom stereocenters. The van der Waals surface area contributed by atoms with Crippen LogP contribution in [-0.2, 0) is 14.3 Å². The van der Waals surface area contributed by atoms with Crippen molar-refractivity contribution in [1.82, 2.24) is 5.32 Å². The number of ether oxygens (including phenoxy) is 1. The summed E-state index contributed by atoms with van der Waals surface area (Å²) in [6.07, 6.45) is 0.216. The molecular weight excluding hydrogens is 200 g/mol. The molecule has 0 aliphatic rings. The van der Waals surface area contributed by atoms with Crippen LogP contribution < -0.4 is 11.1 Å². The van der Waals surface area contributed by atoms with Crippen LogP contribution in [0.1, 0.15) is 20.3 Å². The molecule has 0 aromatic carbocycles. The molecule has 0 aromatic heterocycles. The van der Waals surface area contributed by atoms with E-state index in [1.54, 1.807) is 0 Å². The smallest absolute Gasteiger partial charge is 0.326 e. The number of amides is 1. The first-order valence-corrected chi connectivity index (χ1v) is 4.60. The van der Waals surface area contributed by atoms with Crippen LogP contribution in [0.25, 0.3) is 0 Å². The number of methoxy groups -OCH3 is 1. The molecule has 15 heavy (non-hydrogen) atoms. The summed E-state index contributed by atoms with van der Waals surface area (Å²) in [6, 6.07) is -0.958. The van der Waals surface area contributed by atoms with Crippen LogP contribution in [0, 0.1) is 0 Å². The monoisotopic (exact) mass is 218 g/mol. The zero-order valence-electron chi connectivity index (χ0n) is 9.24. The summed E-state index contributed by atoms with van der Waals surface area (Å²) in [5, 5.41) is 11.2. The first-order valence-electron chi connectivity index (χ1n) is 4.60. The van der Waals surface area contributed by atoms with Crippen molar-refractivity contribution in [3.8, 4) is 0 Å². The summed E-state index contributed by atoms with van der Waals surface area (Å²) in [4.78, 5) is 22.2. The SMILES string of the molecule is COCCC(NC(=O)C(C)(C)N)C(=O)O. The Balaban J connectivity index is 4.29. The number of aliphatic carboxylic acids is 1. The Morgan fingerprint density at radius 3 is 2.40 bits per heavy atom. The van der Waals surface area contributed by atoms with E-state index in [-0.39, 0.29) is 13.0 Å². The fourth-order valence-corrected chi connectivity index (χ4v) is 0.837. The number of carboxylic acids is 1. The van der Waals surface area contributed by atoms with Crippen LogP contribution in [0.2, 0.25) is 0 Å². The number of nitrogens with one attached hydrogen (secondary N) is 1. The fourth-order valence-electron chi connectivity index (χ4n) is 0.837. The average Bonchev–Trinajstić information content (AvgIpc) is 2.09. The Morgan fingerprint density at radius 2 is 2.07 bits per heavy atom. The van der Waals surface area contributed by atoms with Crippen molar-refractivity contribution in [1.29, 1.82) is 0 Å². The van der Waals surface area contributed by atoms with Crippen LogP contribution in [0.5, 0.6) is 0 Å². The van der Waals surface area contributed by atoms with E-state index in [0.717, 1.165) is 0 Å². The summed E-state index contributed by atoms with van der Waals surface area (Å²) in [5.74, 6) is -1.59. The first kappa shape index (κ1) is 13.9. The van der Waals surface area contributed by atoms with Gasteiger partial charge < -0.3 is 20.9 Å². The Kier molecular flexibility index (Phi) is 5.24. The van der Waals surface area contributed by atoms with Gasteiger partial charge >= 0.3 is 5.97 Å². The topological polar surface area (TPSA) is 102 Å². The highest BCUT2D eigenvalue weighted by atomic mass is 16.5. The number of carbonyl (C=O) groups is 2. The minimum absolute atomic E-state index is 0.216. The largest absolute Gasteiger partial charge is 0.480 e. The quantitative estimate of drug-likeness (QED) is 0.548. The molecule has 0 bridgehead atoms. The van der Waals surface area contributed by atoms with E-state index in [4.69, 9.17) is 15.6 Å². The lowest BCUT2D eigenvalue weighted by atomic mass is 10.1. The molecule has 0 aliphatic heterocycles. The number of carbonyl (C=O) groups excluding carboxylic acids is 1. The van der Waals surface area contributed by atoms with Crippen LogP contribution in [0.3, 0.4) is 0 Å². The lowest BCUT2D eigenvalue weighted by molar-refractivity contribution is -0.143. The molecule has 0 fully saturated rings. The third-order valence-corrected chi connectivity index (χ3v) is 1.80. The van der Waals surface area contributed by atoms with Gasteiger partial charge in [-0.2, -0.15) is 0 Å². The lowest BCUT2D eigenvalue weighted by Crippen LogP contribution is -2.54. The van der Waals surface area contributed by atoms with Gasteiger partial charge in [0.2, 0.25) is 5.91 Å². The molecule has 0 saturated carbocycles. The predicted octanol–water partition coefficient (Wildman–Crippen LogP) is -0.670. The van der Waals surface area contributed by atoms with Gasteiger partial charge in [-0.1, -0.05) is 0 Å². The summed E-state index contributed by atoms with van der Waals surface area (Å²) < 4.78 is 4.74. The highest BCUT2D eigenvalue weighted by Crippen LogP contribution is 2.00. The zero-order valence-corrected chi connectivity index (χ0v) is 9.24. The van der Waals surface area contributed by atoms with Crippen molar-refractivity contribution in [2.24, 2.45) is 5.73 Å². The van der Waals surface area contributed by atoms with Crippen LogP contribution in [-0.4, -0.2) is 42.3 Å². The van der Waals surface area contributed by atoms with Crippen molar-refractivity contribution in [3.05, 3.63) is 0 Å². The van der Waals surface area contributed by atoms with E-state index in [1.165, 1.54) is 21.0 Å². The van der Waals surface area contributed by atoms with Crippen molar-refractivity contribution in [2.45, 2.75) is 31.8 Å². The van der Waals surface area contributed by atoms with Crippen molar-refractivity contribution in [2.75, 3.05) is 13.7 Å². The van der Waals surface area contributed by atoms with E-state index < -0.39 is 23.5 Å². The van der Waals surface area contributed by atoms with Crippen molar-refractivity contribution in [3.63, 3.8) is 0 Å². The van der Waals surface area contributed by atoms with Gasteiger partial charge in [0, 0.05) is 20.1 Å². The molecule has 0 rings (SSSR count). The minimum Gasteiger partial charge on any atom is -0.480 e. The molecule has 0 saturated heterocycles. The number of hydrogen-bond acceptors (Lipinski definition) is 4. The highest BCUT2D eigenvalue weighted by Gasteiger charge is 2.27. The Labute approximate surface area is 88.8 Å². The van der Waals surface area contributed by atoms with Crippen LogP contribution in [0.4, 0.5) is 0 Å². The normalized spacial score (nSPS) is 13.3. The van der Waals surface area contributed by atoms with E-state index in [9.17, 15) is 9.59 Å². The maximum Gasteiger partial charge on any atom is 0.326 e. The summed E-state index contributed by atoms with van der Waals surface area (Å²) in [6.45, 7) is 3.29. The third kappa shape index (κ3) is 5.34. The highest BCUT2D eigenvalue weighted by molar-refractivity contribution is 5.89. The molecule has 6 nitrogen and oxygen atoms in total. The van der Waals surface area contributed by atoms with Crippen molar-refractivity contribution < 1.29 is 19.4 Å².